The van der Waals surface area contributed by atoms with Gasteiger partial charge in [0.15, 0.2) is 0 Å². The van der Waals surface area contributed by atoms with Gasteiger partial charge in [-0.25, -0.2) is 8.42 Å². The molecule has 0 aliphatic heterocycles. The van der Waals surface area contributed by atoms with E-state index < -0.39 is 9.84 Å². The lowest BCUT2D eigenvalue weighted by Crippen LogP contribution is -2.46. The molecule has 1 aliphatic carbocycles. The van der Waals surface area contributed by atoms with Crippen LogP contribution in [-0.4, -0.2) is 51.0 Å². The molecule has 0 saturated heterocycles. The highest BCUT2D eigenvalue weighted by Crippen LogP contribution is 2.27. The second-order valence-corrected chi connectivity index (χ2v) is 7.37. The normalized spacial score (nSPS) is 26.4. The fourth-order valence-electron chi connectivity index (χ4n) is 2.79. The summed E-state index contributed by atoms with van der Waals surface area (Å²) >= 11 is 0. The van der Waals surface area contributed by atoms with Crippen molar-refractivity contribution in [2.75, 3.05) is 31.6 Å². The van der Waals surface area contributed by atoms with Gasteiger partial charge in [-0.1, -0.05) is 19.8 Å². The minimum Gasteiger partial charge on any atom is -0.330 e. The predicted octanol–water partition coefficient (Wildman–Crippen LogP) is 0.870. The van der Waals surface area contributed by atoms with Crippen molar-refractivity contribution < 1.29 is 8.42 Å². The molecule has 1 aliphatic rings. The van der Waals surface area contributed by atoms with E-state index in [2.05, 4.69) is 11.8 Å². The van der Waals surface area contributed by atoms with Crippen LogP contribution in [0.2, 0.25) is 0 Å². The highest BCUT2D eigenvalue weighted by Gasteiger charge is 2.28. The summed E-state index contributed by atoms with van der Waals surface area (Å²) in [5.41, 5.74) is 5.82. The van der Waals surface area contributed by atoms with Crippen molar-refractivity contribution in [3.63, 3.8) is 0 Å². The van der Waals surface area contributed by atoms with Crippen LogP contribution in [-0.2, 0) is 9.84 Å². The highest BCUT2D eigenvalue weighted by atomic mass is 32.2. The number of sulfone groups is 1. The van der Waals surface area contributed by atoms with Crippen molar-refractivity contribution in [1.82, 2.24) is 4.90 Å². The van der Waals surface area contributed by atoms with E-state index in [1.807, 2.05) is 0 Å². The van der Waals surface area contributed by atoms with Gasteiger partial charge in [0.05, 0.1) is 5.75 Å². The van der Waals surface area contributed by atoms with Gasteiger partial charge in [0.2, 0.25) is 0 Å². The lowest BCUT2D eigenvalue weighted by Gasteiger charge is -2.39. The van der Waals surface area contributed by atoms with Crippen molar-refractivity contribution in [2.45, 2.75) is 38.6 Å². The standard InChI is InChI=1S/C12H26N2O2S/c1-3-14(8-9-17(2,15)16)12-7-5-4-6-11(12)10-13/h11-12H,3-10,13H2,1-2H3. The quantitative estimate of drug-likeness (QED) is 0.771. The molecule has 17 heavy (non-hydrogen) atoms. The maximum absolute atomic E-state index is 11.2. The van der Waals surface area contributed by atoms with Gasteiger partial charge in [-0.15, -0.1) is 0 Å². The summed E-state index contributed by atoms with van der Waals surface area (Å²) in [6, 6.07) is 0.487. The molecule has 0 aromatic rings. The number of hydrogen-bond donors (Lipinski definition) is 1. The first-order chi connectivity index (χ1) is 7.98. The van der Waals surface area contributed by atoms with Crippen molar-refractivity contribution >= 4 is 9.84 Å². The molecule has 1 rings (SSSR count). The SMILES string of the molecule is CCN(CCS(C)(=O)=O)C1CCCCC1CN. The summed E-state index contributed by atoms with van der Waals surface area (Å²) < 4.78 is 22.5. The molecule has 2 atom stereocenters. The average molecular weight is 262 g/mol. The van der Waals surface area contributed by atoms with E-state index in [0.29, 0.717) is 18.5 Å². The Morgan fingerprint density at radius 2 is 1.94 bits per heavy atom. The van der Waals surface area contributed by atoms with Gasteiger partial charge in [0.25, 0.3) is 0 Å². The molecule has 0 bridgehead atoms. The molecule has 0 spiro atoms. The minimum atomic E-state index is -2.87. The van der Waals surface area contributed by atoms with Gasteiger partial charge < -0.3 is 5.73 Å². The topological polar surface area (TPSA) is 63.4 Å². The van der Waals surface area contributed by atoms with Crippen LogP contribution in [0.25, 0.3) is 0 Å². The summed E-state index contributed by atoms with van der Waals surface area (Å²) in [6.45, 7) is 4.39. The summed E-state index contributed by atoms with van der Waals surface area (Å²) in [4.78, 5) is 2.30. The molecule has 102 valence electrons. The molecule has 2 unspecified atom stereocenters. The van der Waals surface area contributed by atoms with E-state index in [4.69, 9.17) is 5.73 Å². The molecule has 2 N–H and O–H groups in total. The first-order valence-electron chi connectivity index (χ1n) is 6.59. The van der Waals surface area contributed by atoms with Gasteiger partial charge >= 0.3 is 0 Å². The maximum atomic E-state index is 11.2. The fraction of sp³-hybridized carbons (Fsp3) is 1.00. The molecule has 1 saturated carbocycles. The maximum Gasteiger partial charge on any atom is 0.148 e. The van der Waals surface area contributed by atoms with Gasteiger partial charge in [0, 0.05) is 18.8 Å². The molecule has 0 amide bonds. The van der Waals surface area contributed by atoms with E-state index in [1.165, 1.54) is 31.9 Å². The van der Waals surface area contributed by atoms with Gasteiger partial charge in [-0.3, -0.25) is 4.90 Å². The van der Waals surface area contributed by atoms with Crippen molar-refractivity contribution in [3.8, 4) is 0 Å². The molecule has 0 aromatic heterocycles. The Labute approximate surface area is 105 Å². The predicted molar refractivity (Wildman–Crippen MR) is 71.8 cm³/mol. The van der Waals surface area contributed by atoms with Crippen LogP contribution < -0.4 is 5.73 Å². The van der Waals surface area contributed by atoms with Crippen LogP contribution in [0.3, 0.4) is 0 Å². The Hall–Kier alpha value is -0.130. The van der Waals surface area contributed by atoms with Crippen LogP contribution in [0, 0.1) is 5.92 Å². The van der Waals surface area contributed by atoms with E-state index in [-0.39, 0.29) is 5.75 Å². The van der Waals surface area contributed by atoms with Crippen LogP contribution in [0.4, 0.5) is 0 Å². The van der Waals surface area contributed by atoms with Crippen LogP contribution >= 0.6 is 0 Å². The molecule has 1 fully saturated rings. The molecule has 0 radical (unpaired) electrons. The molecule has 4 nitrogen and oxygen atoms in total. The lowest BCUT2D eigenvalue weighted by molar-refractivity contribution is 0.119. The van der Waals surface area contributed by atoms with Gasteiger partial charge in [0.1, 0.15) is 9.84 Å². The first-order valence-corrected chi connectivity index (χ1v) is 8.65. The Morgan fingerprint density at radius 3 is 2.47 bits per heavy atom. The smallest absolute Gasteiger partial charge is 0.148 e. The van der Waals surface area contributed by atoms with E-state index in [1.54, 1.807) is 0 Å². The van der Waals surface area contributed by atoms with Crippen LogP contribution in [0.5, 0.6) is 0 Å². The van der Waals surface area contributed by atoms with Crippen molar-refractivity contribution in [2.24, 2.45) is 11.7 Å². The second-order valence-electron chi connectivity index (χ2n) is 5.11. The van der Waals surface area contributed by atoms with Crippen molar-refractivity contribution in [1.29, 1.82) is 0 Å². The van der Waals surface area contributed by atoms with Gasteiger partial charge in [-0.2, -0.15) is 0 Å². The zero-order valence-electron chi connectivity index (χ0n) is 11.1. The molecular weight excluding hydrogens is 236 g/mol. The molecule has 0 aromatic carbocycles. The zero-order valence-corrected chi connectivity index (χ0v) is 11.9. The number of hydrogen-bond acceptors (Lipinski definition) is 4. The third kappa shape index (κ3) is 4.94. The van der Waals surface area contributed by atoms with E-state index in [0.717, 1.165) is 13.1 Å². The Balaban J connectivity index is 2.58. The Kier molecular flexibility index (Phi) is 5.89. The monoisotopic (exact) mass is 262 g/mol. The number of rotatable bonds is 6. The molecule has 0 heterocycles. The first kappa shape index (κ1) is 14.9. The van der Waals surface area contributed by atoms with Crippen molar-refractivity contribution in [3.05, 3.63) is 0 Å². The Morgan fingerprint density at radius 1 is 1.29 bits per heavy atom. The fourth-order valence-corrected chi connectivity index (χ4v) is 3.35. The highest BCUT2D eigenvalue weighted by molar-refractivity contribution is 7.90. The van der Waals surface area contributed by atoms with E-state index in [9.17, 15) is 8.42 Å². The third-order valence-corrected chi connectivity index (χ3v) is 4.72. The second kappa shape index (κ2) is 6.71. The molecular formula is C12H26N2O2S. The van der Waals surface area contributed by atoms with Crippen LogP contribution in [0.1, 0.15) is 32.6 Å². The summed E-state index contributed by atoms with van der Waals surface area (Å²) in [6.07, 6.45) is 6.18. The van der Waals surface area contributed by atoms with E-state index >= 15 is 0 Å². The summed E-state index contributed by atoms with van der Waals surface area (Å²) in [5.74, 6) is 0.803. The lowest BCUT2D eigenvalue weighted by atomic mass is 9.83. The Bertz CT molecular complexity index is 316. The van der Waals surface area contributed by atoms with Crippen LogP contribution in [0.15, 0.2) is 0 Å². The zero-order chi connectivity index (χ0) is 12.9. The molecule has 5 heteroatoms. The number of nitrogens with zero attached hydrogens (tertiary/aromatic N) is 1. The number of nitrogens with two attached hydrogens (primary N) is 1. The van der Waals surface area contributed by atoms with Gasteiger partial charge in [-0.05, 0) is 31.8 Å². The minimum absolute atomic E-state index is 0.259. The third-order valence-electron chi connectivity index (χ3n) is 3.80. The summed E-state index contributed by atoms with van der Waals surface area (Å²) in [5, 5.41) is 0. The summed E-state index contributed by atoms with van der Waals surface area (Å²) in [7, 11) is -2.87. The largest absolute Gasteiger partial charge is 0.330 e. The average Bonchev–Trinajstić information content (AvgIpc) is 2.29.